The fourth-order valence-electron chi connectivity index (χ4n) is 1.59. The van der Waals surface area contributed by atoms with Crippen LogP contribution in [0, 0.1) is 0 Å². The average molecular weight is 254 g/mol. The minimum Gasteiger partial charge on any atom is -0.466 e. The van der Waals surface area contributed by atoms with Crippen molar-refractivity contribution in [3.63, 3.8) is 0 Å². The van der Waals surface area contributed by atoms with Crippen LogP contribution in [0.5, 0.6) is 0 Å². The SMILES string of the molecule is CCCC(=CC(=O)OC)C(=CC(=O)OC)CCC. The zero-order chi connectivity index (χ0) is 14.0. The molecular weight excluding hydrogens is 232 g/mol. The molecule has 0 amide bonds. The number of hydrogen-bond donors (Lipinski definition) is 0. The van der Waals surface area contributed by atoms with Gasteiger partial charge in [-0.2, -0.15) is 0 Å². The summed E-state index contributed by atoms with van der Waals surface area (Å²) in [6.07, 6.45) is 6.16. The number of rotatable bonds is 7. The highest BCUT2D eigenvalue weighted by atomic mass is 16.5. The second-order valence-corrected chi connectivity index (χ2v) is 3.89. The fraction of sp³-hybridized carbons (Fsp3) is 0.571. The molecule has 0 saturated carbocycles. The highest BCUT2D eigenvalue weighted by Gasteiger charge is 2.09. The summed E-state index contributed by atoms with van der Waals surface area (Å²) in [7, 11) is 2.68. The van der Waals surface area contributed by atoms with Crippen molar-refractivity contribution in [2.45, 2.75) is 39.5 Å². The van der Waals surface area contributed by atoms with Gasteiger partial charge in [-0.3, -0.25) is 0 Å². The van der Waals surface area contributed by atoms with Crippen LogP contribution in [0.15, 0.2) is 23.3 Å². The molecule has 102 valence electrons. The highest BCUT2D eigenvalue weighted by molar-refractivity contribution is 5.86. The Morgan fingerprint density at radius 3 is 1.39 bits per heavy atom. The molecule has 18 heavy (non-hydrogen) atoms. The van der Waals surface area contributed by atoms with Crippen molar-refractivity contribution in [3.8, 4) is 0 Å². The third-order valence-electron chi connectivity index (χ3n) is 2.44. The Balaban J connectivity index is 5.22. The van der Waals surface area contributed by atoms with Crippen molar-refractivity contribution in [3.05, 3.63) is 23.3 Å². The number of carbonyl (C=O) groups excluding carboxylic acids is 2. The van der Waals surface area contributed by atoms with Crippen LogP contribution >= 0.6 is 0 Å². The van der Waals surface area contributed by atoms with E-state index in [0.29, 0.717) is 0 Å². The van der Waals surface area contributed by atoms with Gasteiger partial charge in [0.15, 0.2) is 0 Å². The maximum Gasteiger partial charge on any atom is 0.330 e. The Hall–Kier alpha value is -1.58. The first-order valence-corrected chi connectivity index (χ1v) is 6.16. The summed E-state index contributed by atoms with van der Waals surface area (Å²) >= 11 is 0. The Kier molecular flexibility index (Phi) is 8.62. The minimum atomic E-state index is -0.398. The number of carbonyl (C=O) groups is 2. The van der Waals surface area contributed by atoms with Crippen LogP contribution in [0.3, 0.4) is 0 Å². The molecular formula is C14H22O4. The maximum absolute atomic E-state index is 11.3. The van der Waals surface area contributed by atoms with Crippen LogP contribution in [-0.2, 0) is 19.1 Å². The van der Waals surface area contributed by atoms with E-state index in [0.717, 1.165) is 36.8 Å². The van der Waals surface area contributed by atoms with Crippen molar-refractivity contribution in [2.75, 3.05) is 14.2 Å². The van der Waals surface area contributed by atoms with Gasteiger partial charge in [0.2, 0.25) is 0 Å². The number of methoxy groups -OCH3 is 2. The molecule has 0 saturated heterocycles. The zero-order valence-electron chi connectivity index (χ0n) is 11.6. The van der Waals surface area contributed by atoms with Crippen molar-refractivity contribution < 1.29 is 19.1 Å². The van der Waals surface area contributed by atoms with Crippen LogP contribution in [0.25, 0.3) is 0 Å². The number of esters is 2. The summed E-state index contributed by atoms with van der Waals surface area (Å²) in [5.74, 6) is -0.796. The van der Waals surface area contributed by atoms with Gasteiger partial charge in [0.1, 0.15) is 0 Å². The van der Waals surface area contributed by atoms with E-state index >= 15 is 0 Å². The standard InChI is InChI=1S/C14H22O4/c1-5-7-11(9-13(15)17-3)12(8-6-2)10-14(16)18-4/h9-10H,5-8H2,1-4H3. The second kappa shape index (κ2) is 9.45. The molecule has 0 aliphatic carbocycles. The first kappa shape index (κ1) is 16.4. The Morgan fingerprint density at radius 1 is 0.833 bits per heavy atom. The van der Waals surface area contributed by atoms with E-state index in [-0.39, 0.29) is 0 Å². The van der Waals surface area contributed by atoms with Crippen molar-refractivity contribution in [1.82, 2.24) is 0 Å². The van der Waals surface area contributed by atoms with Gasteiger partial charge < -0.3 is 9.47 Å². The van der Waals surface area contributed by atoms with Crippen LogP contribution in [0.2, 0.25) is 0 Å². The minimum absolute atomic E-state index is 0.398. The van der Waals surface area contributed by atoms with E-state index in [9.17, 15) is 9.59 Å². The molecule has 0 bridgehead atoms. The molecule has 0 N–H and O–H groups in total. The van der Waals surface area contributed by atoms with Gasteiger partial charge in [-0.25, -0.2) is 9.59 Å². The zero-order valence-corrected chi connectivity index (χ0v) is 11.6. The van der Waals surface area contributed by atoms with Crippen LogP contribution < -0.4 is 0 Å². The molecule has 0 spiro atoms. The van der Waals surface area contributed by atoms with Crippen LogP contribution in [0.1, 0.15) is 39.5 Å². The molecule has 0 aromatic rings. The third kappa shape index (κ3) is 6.23. The molecule has 0 radical (unpaired) electrons. The average Bonchev–Trinajstić information content (AvgIpc) is 2.37. The van der Waals surface area contributed by atoms with Gasteiger partial charge in [0, 0.05) is 12.2 Å². The highest BCUT2D eigenvalue weighted by Crippen LogP contribution is 2.21. The molecule has 0 atom stereocenters. The molecule has 0 heterocycles. The quantitative estimate of drug-likeness (QED) is 0.398. The summed E-state index contributed by atoms with van der Waals surface area (Å²) in [4.78, 5) is 22.6. The van der Waals surface area contributed by atoms with Crippen LogP contribution in [-0.4, -0.2) is 26.2 Å². The van der Waals surface area contributed by atoms with E-state index in [2.05, 4.69) is 9.47 Å². The summed E-state index contributed by atoms with van der Waals surface area (Å²) < 4.78 is 9.26. The van der Waals surface area contributed by atoms with Crippen molar-refractivity contribution >= 4 is 11.9 Å². The normalized spacial score (nSPS) is 12.2. The monoisotopic (exact) mass is 254 g/mol. The largest absolute Gasteiger partial charge is 0.466 e. The molecule has 0 unspecified atom stereocenters. The van der Waals surface area contributed by atoms with Crippen LogP contribution in [0.4, 0.5) is 0 Å². The summed E-state index contributed by atoms with van der Waals surface area (Å²) in [5, 5.41) is 0. The first-order valence-electron chi connectivity index (χ1n) is 6.16. The lowest BCUT2D eigenvalue weighted by Gasteiger charge is -2.10. The molecule has 0 fully saturated rings. The van der Waals surface area contributed by atoms with Gasteiger partial charge in [0.25, 0.3) is 0 Å². The van der Waals surface area contributed by atoms with E-state index < -0.39 is 11.9 Å². The Labute approximate surface area is 109 Å². The van der Waals surface area contributed by atoms with Gasteiger partial charge in [-0.15, -0.1) is 0 Å². The second-order valence-electron chi connectivity index (χ2n) is 3.89. The predicted octanol–water partition coefficient (Wildman–Crippen LogP) is 2.79. The van der Waals surface area contributed by atoms with Crippen molar-refractivity contribution in [2.24, 2.45) is 0 Å². The molecule has 4 nitrogen and oxygen atoms in total. The van der Waals surface area contributed by atoms with Gasteiger partial charge in [0.05, 0.1) is 14.2 Å². The van der Waals surface area contributed by atoms with Gasteiger partial charge in [-0.05, 0) is 24.0 Å². The smallest absolute Gasteiger partial charge is 0.330 e. The third-order valence-corrected chi connectivity index (χ3v) is 2.44. The summed E-state index contributed by atoms with van der Waals surface area (Å²) in [5.41, 5.74) is 1.69. The molecule has 0 aromatic heterocycles. The van der Waals surface area contributed by atoms with E-state index in [4.69, 9.17) is 0 Å². The van der Waals surface area contributed by atoms with E-state index in [1.54, 1.807) is 0 Å². The lowest BCUT2D eigenvalue weighted by molar-refractivity contribution is -0.135. The lowest BCUT2D eigenvalue weighted by Crippen LogP contribution is -2.03. The summed E-state index contributed by atoms with van der Waals surface area (Å²) in [6.45, 7) is 4.04. The summed E-state index contributed by atoms with van der Waals surface area (Å²) in [6, 6.07) is 0. The Morgan fingerprint density at radius 2 is 1.17 bits per heavy atom. The van der Waals surface area contributed by atoms with E-state index in [1.807, 2.05) is 13.8 Å². The molecule has 4 heteroatoms. The number of ether oxygens (including phenoxy) is 2. The maximum atomic E-state index is 11.3. The molecule has 0 rings (SSSR count). The number of hydrogen-bond acceptors (Lipinski definition) is 4. The topological polar surface area (TPSA) is 52.6 Å². The van der Waals surface area contributed by atoms with Gasteiger partial charge in [-0.1, -0.05) is 26.7 Å². The molecule has 0 aromatic carbocycles. The fourth-order valence-corrected chi connectivity index (χ4v) is 1.59. The predicted molar refractivity (Wildman–Crippen MR) is 70.0 cm³/mol. The molecule has 0 aliphatic heterocycles. The van der Waals surface area contributed by atoms with Crippen molar-refractivity contribution in [1.29, 1.82) is 0 Å². The molecule has 0 aliphatic rings. The first-order chi connectivity index (χ1) is 8.58. The van der Waals surface area contributed by atoms with E-state index in [1.165, 1.54) is 26.4 Å². The lowest BCUT2D eigenvalue weighted by atomic mass is 9.96. The number of allylic oxidation sites excluding steroid dienone is 2. The Bertz CT molecular complexity index is 306. The van der Waals surface area contributed by atoms with Gasteiger partial charge >= 0.3 is 11.9 Å².